The maximum atomic E-state index is 11.6. The Hall–Kier alpha value is -1.97. The predicted molar refractivity (Wildman–Crippen MR) is 68.0 cm³/mol. The first kappa shape index (κ1) is 11.1. The van der Waals surface area contributed by atoms with Crippen LogP contribution in [0.2, 0.25) is 0 Å². The standard InChI is InChI=1S/C14H15NO3/c1-18-12-9-5-8-15-11(9)4-3-10(12)14(13(16)17)6-2-7-14/h3-5,8,15H,2,6-7H2,1H3,(H,16,17). The number of aromatic amines is 1. The van der Waals surface area contributed by atoms with Crippen molar-refractivity contribution in [1.29, 1.82) is 0 Å². The number of aliphatic carboxylic acids is 1. The molecule has 1 fully saturated rings. The molecule has 2 aromatic rings. The molecule has 4 nitrogen and oxygen atoms in total. The number of fused-ring (bicyclic) bond motifs is 1. The first-order chi connectivity index (χ1) is 8.69. The van der Waals surface area contributed by atoms with E-state index in [0.29, 0.717) is 18.6 Å². The number of H-pyrrole nitrogens is 1. The predicted octanol–water partition coefficient (Wildman–Crippen LogP) is 2.68. The third-order valence-corrected chi connectivity index (χ3v) is 4.02. The lowest BCUT2D eigenvalue weighted by molar-refractivity contribution is -0.147. The van der Waals surface area contributed by atoms with Gasteiger partial charge in [-0.05, 0) is 25.0 Å². The molecule has 1 aliphatic carbocycles. The fraction of sp³-hybridized carbons (Fsp3) is 0.357. The van der Waals surface area contributed by atoms with Gasteiger partial charge < -0.3 is 14.8 Å². The highest BCUT2D eigenvalue weighted by molar-refractivity contribution is 5.92. The molecule has 1 aromatic heterocycles. The molecule has 1 saturated carbocycles. The molecule has 1 aliphatic rings. The Kier molecular flexibility index (Phi) is 2.33. The quantitative estimate of drug-likeness (QED) is 0.873. The minimum atomic E-state index is -0.753. The molecule has 3 rings (SSSR count). The van der Waals surface area contributed by atoms with Gasteiger partial charge in [-0.2, -0.15) is 0 Å². The molecule has 94 valence electrons. The Morgan fingerprint density at radius 2 is 2.17 bits per heavy atom. The molecule has 0 spiro atoms. The molecule has 0 saturated heterocycles. The van der Waals surface area contributed by atoms with E-state index in [0.717, 1.165) is 22.9 Å². The van der Waals surface area contributed by atoms with Crippen LogP contribution in [0.15, 0.2) is 24.4 Å². The van der Waals surface area contributed by atoms with Gasteiger partial charge >= 0.3 is 5.97 Å². The Morgan fingerprint density at radius 3 is 2.72 bits per heavy atom. The van der Waals surface area contributed by atoms with Gasteiger partial charge in [0.25, 0.3) is 0 Å². The highest BCUT2D eigenvalue weighted by Gasteiger charge is 2.47. The molecule has 1 heterocycles. The molecule has 1 aromatic carbocycles. The zero-order chi connectivity index (χ0) is 12.8. The van der Waals surface area contributed by atoms with Crippen molar-refractivity contribution < 1.29 is 14.6 Å². The lowest BCUT2D eigenvalue weighted by Crippen LogP contribution is -2.42. The molecule has 0 unspecified atom stereocenters. The van der Waals surface area contributed by atoms with E-state index in [1.165, 1.54) is 0 Å². The maximum Gasteiger partial charge on any atom is 0.314 e. The summed E-state index contributed by atoms with van der Waals surface area (Å²) in [7, 11) is 1.60. The number of carboxylic acid groups (broad SMARTS) is 1. The second kappa shape index (κ2) is 3.77. The molecule has 0 atom stereocenters. The highest BCUT2D eigenvalue weighted by Crippen LogP contribution is 2.49. The smallest absolute Gasteiger partial charge is 0.314 e. The van der Waals surface area contributed by atoms with Crippen LogP contribution in [0.3, 0.4) is 0 Å². The van der Waals surface area contributed by atoms with Crippen LogP contribution >= 0.6 is 0 Å². The number of methoxy groups -OCH3 is 1. The molecule has 0 amide bonds. The second-order valence-corrected chi connectivity index (χ2v) is 4.83. The summed E-state index contributed by atoms with van der Waals surface area (Å²) >= 11 is 0. The lowest BCUT2D eigenvalue weighted by atomic mass is 9.64. The Labute approximate surface area is 105 Å². The molecule has 2 N–H and O–H groups in total. The van der Waals surface area contributed by atoms with Gasteiger partial charge in [0.2, 0.25) is 0 Å². The van der Waals surface area contributed by atoms with Gasteiger partial charge in [-0.3, -0.25) is 4.79 Å². The molecular weight excluding hydrogens is 230 g/mol. The summed E-state index contributed by atoms with van der Waals surface area (Å²) in [4.78, 5) is 14.7. The molecular formula is C14H15NO3. The van der Waals surface area contributed by atoms with Crippen molar-refractivity contribution in [2.75, 3.05) is 7.11 Å². The van der Waals surface area contributed by atoms with E-state index in [2.05, 4.69) is 4.98 Å². The monoisotopic (exact) mass is 245 g/mol. The minimum absolute atomic E-state index is 0.689. The van der Waals surface area contributed by atoms with Crippen LogP contribution in [0.25, 0.3) is 10.9 Å². The topological polar surface area (TPSA) is 62.3 Å². The minimum Gasteiger partial charge on any atom is -0.496 e. The van der Waals surface area contributed by atoms with Gasteiger partial charge in [0.05, 0.1) is 12.5 Å². The van der Waals surface area contributed by atoms with Crippen LogP contribution < -0.4 is 4.74 Å². The van der Waals surface area contributed by atoms with Crippen molar-refractivity contribution in [3.63, 3.8) is 0 Å². The van der Waals surface area contributed by atoms with E-state index in [1.807, 2.05) is 24.4 Å². The Bertz CT molecular complexity index is 611. The second-order valence-electron chi connectivity index (χ2n) is 4.83. The van der Waals surface area contributed by atoms with Crippen LogP contribution in [0.1, 0.15) is 24.8 Å². The summed E-state index contributed by atoms with van der Waals surface area (Å²) in [6.07, 6.45) is 4.18. The van der Waals surface area contributed by atoms with Gasteiger partial charge in [-0.1, -0.05) is 12.5 Å². The molecule has 4 heteroatoms. The average Bonchev–Trinajstić information content (AvgIpc) is 2.74. The molecule has 0 bridgehead atoms. The molecule has 18 heavy (non-hydrogen) atoms. The zero-order valence-electron chi connectivity index (χ0n) is 10.2. The number of hydrogen-bond donors (Lipinski definition) is 2. The van der Waals surface area contributed by atoms with E-state index < -0.39 is 11.4 Å². The van der Waals surface area contributed by atoms with Gasteiger partial charge in [-0.25, -0.2) is 0 Å². The molecule has 0 aliphatic heterocycles. The van der Waals surface area contributed by atoms with Crippen molar-refractivity contribution in [2.45, 2.75) is 24.7 Å². The van der Waals surface area contributed by atoms with Gasteiger partial charge in [0, 0.05) is 22.7 Å². The van der Waals surface area contributed by atoms with Crippen molar-refractivity contribution >= 4 is 16.9 Å². The Morgan fingerprint density at radius 1 is 1.39 bits per heavy atom. The fourth-order valence-corrected chi connectivity index (χ4v) is 2.83. The summed E-state index contributed by atoms with van der Waals surface area (Å²) in [6, 6.07) is 5.73. The van der Waals surface area contributed by atoms with Crippen LogP contribution in [-0.2, 0) is 10.2 Å². The van der Waals surface area contributed by atoms with E-state index in [4.69, 9.17) is 4.74 Å². The number of rotatable bonds is 3. The van der Waals surface area contributed by atoms with Gasteiger partial charge in [0.15, 0.2) is 0 Å². The van der Waals surface area contributed by atoms with Crippen LogP contribution in [0, 0.1) is 0 Å². The van der Waals surface area contributed by atoms with E-state index in [1.54, 1.807) is 7.11 Å². The van der Waals surface area contributed by atoms with Gasteiger partial charge in [-0.15, -0.1) is 0 Å². The van der Waals surface area contributed by atoms with Gasteiger partial charge in [0.1, 0.15) is 5.75 Å². The van der Waals surface area contributed by atoms with Crippen molar-refractivity contribution in [3.05, 3.63) is 30.0 Å². The first-order valence-electron chi connectivity index (χ1n) is 6.07. The summed E-state index contributed by atoms with van der Waals surface area (Å²) in [5.74, 6) is -0.0576. The number of aromatic nitrogens is 1. The van der Waals surface area contributed by atoms with Crippen molar-refractivity contribution in [3.8, 4) is 5.75 Å². The number of nitrogens with one attached hydrogen (secondary N) is 1. The number of carboxylic acids is 1. The zero-order valence-corrected chi connectivity index (χ0v) is 10.2. The SMILES string of the molecule is COc1c(C2(C(=O)O)CCC2)ccc2[nH]ccc12. The fourth-order valence-electron chi connectivity index (χ4n) is 2.83. The average molecular weight is 245 g/mol. The first-order valence-corrected chi connectivity index (χ1v) is 6.07. The van der Waals surface area contributed by atoms with E-state index in [9.17, 15) is 9.90 Å². The maximum absolute atomic E-state index is 11.6. The molecule has 0 radical (unpaired) electrons. The van der Waals surface area contributed by atoms with Crippen molar-refractivity contribution in [1.82, 2.24) is 4.98 Å². The summed E-state index contributed by atoms with van der Waals surface area (Å²) in [6.45, 7) is 0. The largest absolute Gasteiger partial charge is 0.496 e. The third kappa shape index (κ3) is 1.29. The van der Waals surface area contributed by atoms with E-state index >= 15 is 0 Å². The third-order valence-electron chi connectivity index (χ3n) is 4.02. The number of hydrogen-bond acceptors (Lipinski definition) is 2. The number of carbonyl (C=O) groups is 1. The van der Waals surface area contributed by atoms with Crippen LogP contribution in [0.5, 0.6) is 5.75 Å². The number of benzene rings is 1. The number of ether oxygens (including phenoxy) is 1. The van der Waals surface area contributed by atoms with Crippen LogP contribution in [-0.4, -0.2) is 23.2 Å². The van der Waals surface area contributed by atoms with Crippen molar-refractivity contribution in [2.24, 2.45) is 0 Å². The van der Waals surface area contributed by atoms with Crippen LogP contribution in [0.4, 0.5) is 0 Å². The summed E-state index contributed by atoms with van der Waals surface area (Å²) < 4.78 is 5.47. The summed E-state index contributed by atoms with van der Waals surface area (Å²) in [5.41, 5.74) is 1.02. The summed E-state index contributed by atoms with van der Waals surface area (Å²) in [5, 5.41) is 10.5. The lowest BCUT2D eigenvalue weighted by Gasteiger charge is -2.38. The Balaban J connectivity index is 2.25. The van der Waals surface area contributed by atoms with E-state index in [-0.39, 0.29) is 0 Å². The highest BCUT2D eigenvalue weighted by atomic mass is 16.5. The normalized spacial score (nSPS) is 17.4.